The molecule has 0 radical (unpaired) electrons. The van der Waals surface area contributed by atoms with Crippen LogP contribution < -0.4 is 15.4 Å². The third-order valence-electron chi connectivity index (χ3n) is 3.98. The predicted molar refractivity (Wildman–Crippen MR) is 125 cm³/mol. The van der Waals surface area contributed by atoms with Crippen molar-refractivity contribution in [3.05, 3.63) is 29.3 Å². The number of alkyl halides is 2. The van der Waals surface area contributed by atoms with E-state index in [1.54, 1.807) is 12.1 Å². The Morgan fingerprint density at radius 3 is 2.52 bits per heavy atom. The van der Waals surface area contributed by atoms with Crippen molar-refractivity contribution >= 4 is 29.9 Å². The number of nitrogens with zero attached hydrogens (tertiary/aromatic N) is 2. The maximum atomic E-state index is 12.6. The summed E-state index contributed by atoms with van der Waals surface area (Å²) in [7, 11) is 4.06. The summed E-state index contributed by atoms with van der Waals surface area (Å²) in [5.74, 6) is 0.764. The molecule has 1 aromatic carbocycles. The summed E-state index contributed by atoms with van der Waals surface area (Å²) in [6.07, 6.45) is 0.963. The molecule has 0 spiro atoms. The van der Waals surface area contributed by atoms with Gasteiger partial charge in [-0.15, -0.1) is 24.0 Å². The number of aliphatic imine (C=N–C) groups is 1. The topological polar surface area (TPSA) is 58.1 Å². The van der Waals surface area contributed by atoms with Crippen molar-refractivity contribution in [2.24, 2.45) is 4.99 Å². The molecule has 168 valence electrons. The molecule has 1 atom stereocenters. The number of rotatable bonds is 12. The van der Waals surface area contributed by atoms with Crippen LogP contribution >= 0.6 is 24.0 Å². The molecule has 0 heterocycles. The molecule has 0 aliphatic carbocycles. The van der Waals surface area contributed by atoms with Crippen molar-refractivity contribution in [2.45, 2.75) is 46.5 Å². The number of hydrogen-bond acceptors (Lipinski definition) is 4. The Kier molecular flexibility index (Phi) is 15.0. The van der Waals surface area contributed by atoms with Crippen LogP contribution in [0, 0.1) is 6.92 Å². The minimum atomic E-state index is -2.86. The number of ether oxygens (including phenoxy) is 2. The van der Waals surface area contributed by atoms with Gasteiger partial charge in [0.2, 0.25) is 0 Å². The van der Waals surface area contributed by atoms with Crippen LogP contribution in [0.5, 0.6) is 5.75 Å². The molecule has 1 unspecified atom stereocenters. The molecular formula is C20H35F2IN4O2. The molecule has 0 saturated carbocycles. The third-order valence-corrected chi connectivity index (χ3v) is 3.98. The minimum absolute atomic E-state index is 0. The Morgan fingerprint density at radius 1 is 1.21 bits per heavy atom. The van der Waals surface area contributed by atoms with E-state index >= 15 is 0 Å². The van der Waals surface area contributed by atoms with E-state index in [1.165, 1.54) is 0 Å². The highest BCUT2D eigenvalue weighted by atomic mass is 127. The van der Waals surface area contributed by atoms with Gasteiger partial charge >= 0.3 is 6.61 Å². The first-order chi connectivity index (χ1) is 13.3. The van der Waals surface area contributed by atoms with Crippen LogP contribution in [0.15, 0.2) is 23.2 Å². The number of guanidine groups is 1. The number of hydrogen-bond donors (Lipinski definition) is 2. The van der Waals surface area contributed by atoms with Gasteiger partial charge in [0.25, 0.3) is 0 Å². The van der Waals surface area contributed by atoms with Crippen molar-refractivity contribution in [1.29, 1.82) is 0 Å². The molecule has 29 heavy (non-hydrogen) atoms. The van der Waals surface area contributed by atoms with Crippen molar-refractivity contribution in [3.63, 3.8) is 0 Å². The zero-order valence-electron chi connectivity index (χ0n) is 18.0. The highest BCUT2D eigenvalue weighted by molar-refractivity contribution is 14.0. The molecule has 0 amide bonds. The first-order valence-electron chi connectivity index (χ1n) is 9.68. The molecule has 1 rings (SSSR count). The number of benzene rings is 1. The molecule has 0 aliphatic heterocycles. The average molecular weight is 528 g/mol. The second-order valence-electron chi connectivity index (χ2n) is 6.74. The van der Waals surface area contributed by atoms with E-state index in [1.807, 2.05) is 40.9 Å². The van der Waals surface area contributed by atoms with Gasteiger partial charge < -0.3 is 25.0 Å². The van der Waals surface area contributed by atoms with Gasteiger partial charge in [0.15, 0.2) is 5.96 Å². The summed E-state index contributed by atoms with van der Waals surface area (Å²) in [6.45, 7) is 6.10. The molecule has 2 N–H and O–H groups in total. The maximum absolute atomic E-state index is 12.6. The lowest BCUT2D eigenvalue weighted by atomic mass is 10.1. The Bertz CT molecular complexity index is 604. The van der Waals surface area contributed by atoms with Gasteiger partial charge in [0, 0.05) is 31.8 Å². The fourth-order valence-corrected chi connectivity index (χ4v) is 2.64. The van der Waals surface area contributed by atoms with Gasteiger partial charge in [-0.25, -0.2) is 4.99 Å². The zero-order chi connectivity index (χ0) is 20.9. The molecular weight excluding hydrogens is 493 g/mol. The van der Waals surface area contributed by atoms with Crippen LogP contribution in [0.2, 0.25) is 0 Å². The lowest BCUT2D eigenvalue weighted by Gasteiger charge is -2.21. The second kappa shape index (κ2) is 15.6. The molecule has 0 aliphatic rings. The molecule has 9 heteroatoms. The number of nitrogens with one attached hydrogen (secondary N) is 2. The predicted octanol–water partition coefficient (Wildman–Crippen LogP) is 3.63. The normalized spacial score (nSPS) is 12.7. The van der Waals surface area contributed by atoms with E-state index in [0.717, 1.165) is 18.5 Å². The zero-order valence-corrected chi connectivity index (χ0v) is 20.3. The summed E-state index contributed by atoms with van der Waals surface area (Å²) in [5.41, 5.74) is 1.58. The highest BCUT2D eigenvalue weighted by Gasteiger charge is 2.12. The Hall–Kier alpha value is -1.20. The highest BCUT2D eigenvalue weighted by Crippen LogP contribution is 2.22. The summed E-state index contributed by atoms with van der Waals surface area (Å²) in [5, 5.41) is 6.45. The van der Waals surface area contributed by atoms with E-state index in [4.69, 9.17) is 4.74 Å². The SMILES string of the molecule is CCNC(=NCc1cc(C)ccc1OC(F)F)NCC(CCN(C)C)OCC.I. The van der Waals surface area contributed by atoms with Crippen molar-refractivity contribution < 1.29 is 18.3 Å². The molecule has 1 aromatic rings. The van der Waals surface area contributed by atoms with Gasteiger partial charge in [-0.3, -0.25) is 0 Å². The van der Waals surface area contributed by atoms with Gasteiger partial charge in [-0.05, 0) is 47.4 Å². The van der Waals surface area contributed by atoms with Gasteiger partial charge in [-0.2, -0.15) is 8.78 Å². The van der Waals surface area contributed by atoms with Crippen LogP contribution in [0.4, 0.5) is 8.78 Å². The van der Waals surface area contributed by atoms with Crippen LogP contribution in [0.1, 0.15) is 31.4 Å². The molecule has 0 aromatic heterocycles. The van der Waals surface area contributed by atoms with Crippen LogP contribution in [0.25, 0.3) is 0 Å². The second-order valence-corrected chi connectivity index (χ2v) is 6.74. The van der Waals surface area contributed by atoms with Crippen LogP contribution in [0.3, 0.4) is 0 Å². The number of aryl methyl sites for hydroxylation is 1. The lowest BCUT2D eigenvalue weighted by molar-refractivity contribution is -0.0504. The first-order valence-corrected chi connectivity index (χ1v) is 9.68. The molecule has 0 fully saturated rings. The van der Waals surface area contributed by atoms with E-state index in [9.17, 15) is 8.78 Å². The Labute approximate surface area is 190 Å². The summed E-state index contributed by atoms with van der Waals surface area (Å²) >= 11 is 0. The van der Waals surface area contributed by atoms with Gasteiger partial charge in [0.1, 0.15) is 5.75 Å². The number of halogens is 3. The van der Waals surface area contributed by atoms with E-state index in [0.29, 0.717) is 31.2 Å². The quantitative estimate of drug-likeness (QED) is 0.247. The monoisotopic (exact) mass is 528 g/mol. The lowest BCUT2D eigenvalue weighted by Crippen LogP contribution is -2.42. The standard InChI is InChI=1S/C20H34F2N4O2.HI/c1-6-23-20(25-14-17(27-7-2)10-11-26(4)5)24-13-16-12-15(3)8-9-18(16)28-19(21)22;/h8-9,12,17,19H,6-7,10-11,13-14H2,1-5H3,(H2,23,24,25);1H. The van der Waals surface area contributed by atoms with Gasteiger partial charge in [-0.1, -0.05) is 17.7 Å². The minimum Gasteiger partial charge on any atom is -0.434 e. The van der Waals surface area contributed by atoms with Crippen LogP contribution in [-0.2, 0) is 11.3 Å². The Balaban J connectivity index is 0.00000784. The van der Waals surface area contributed by atoms with Crippen molar-refractivity contribution in [3.8, 4) is 5.75 Å². The molecule has 6 nitrogen and oxygen atoms in total. The van der Waals surface area contributed by atoms with E-state index < -0.39 is 6.61 Å². The molecule has 0 bridgehead atoms. The van der Waals surface area contributed by atoms with Crippen LogP contribution in [-0.4, -0.2) is 63.9 Å². The summed E-state index contributed by atoms with van der Waals surface area (Å²) in [6, 6.07) is 5.11. The first kappa shape index (κ1) is 27.8. The van der Waals surface area contributed by atoms with Crippen molar-refractivity contribution in [2.75, 3.05) is 40.3 Å². The van der Waals surface area contributed by atoms with Crippen molar-refractivity contribution in [1.82, 2.24) is 15.5 Å². The smallest absolute Gasteiger partial charge is 0.387 e. The third kappa shape index (κ3) is 12.2. The molecule has 0 saturated heterocycles. The van der Waals surface area contributed by atoms with E-state index in [2.05, 4.69) is 25.3 Å². The summed E-state index contributed by atoms with van der Waals surface area (Å²) < 4.78 is 35.7. The maximum Gasteiger partial charge on any atom is 0.387 e. The van der Waals surface area contributed by atoms with E-state index in [-0.39, 0.29) is 42.4 Å². The fraction of sp³-hybridized carbons (Fsp3) is 0.650. The largest absolute Gasteiger partial charge is 0.434 e. The average Bonchev–Trinajstić information content (AvgIpc) is 2.63. The summed E-state index contributed by atoms with van der Waals surface area (Å²) in [4.78, 5) is 6.64. The fourth-order valence-electron chi connectivity index (χ4n) is 2.64. The van der Waals surface area contributed by atoms with Gasteiger partial charge in [0.05, 0.1) is 12.6 Å². The Morgan fingerprint density at radius 2 is 1.93 bits per heavy atom.